The van der Waals surface area contributed by atoms with Gasteiger partial charge in [0.1, 0.15) is 0 Å². The Morgan fingerprint density at radius 2 is 1.84 bits per heavy atom. The molecule has 1 N–H and O–H groups in total. The van der Waals surface area contributed by atoms with Crippen molar-refractivity contribution >= 4 is 32.8 Å². The maximum Gasteiger partial charge on any atom is 0.210 e. The van der Waals surface area contributed by atoms with Crippen molar-refractivity contribution in [3.8, 4) is 0 Å². The fraction of sp³-hybridized carbons (Fsp3) is 0.188. The first-order valence-electron chi connectivity index (χ1n) is 7.62. The van der Waals surface area contributed by atoms with E-state index in [-0.39, 0.29) is 9.79 Å². The van der Waals surface area contributed by atoms with Gasteiger partial charge in [-0.15, -0.1) is 10.2 Å². The van der Waals surface area contributed by atoms with Crippen molar-refractivity contribution in [1.82, 2.24) is 20.6 Å². The highest BCUT2D eigenvalue weighted by Gasteiger charge is 2.34. The highest BCUT2D eigenvalue weighted by Crippen LogP contribution is 2.45. The Morgan fingerprint density at radius 3 is 2.56 bits per heavy atom. The van der Waals surface area contributed by atoms with Crippen LogP contribution in [0.1, 0.15) is 11.4 Å². The summed E-state index contributed by atoms with van der Waals surface area (Å²) < 4.78 is 26.1. The molecule has 2 heterocycles. The number of sulfone groups is 1. The molecule has 0 saturated carbocycles. The number of aryl methyl sites for hydroxylation is 1. The van der Waals surface area contributed by atoms with E-state index < -0.39 is 9.84 Å². The number of nitrogens with one attached hydrogen (secondary N) is 1. The quantitative estimate of drug-likeness (QED) is 0.756. The lowest BCUT2D eigenvalue weighted by atomic mass is 10.1. The zero-order chi connectivity index (χ0) is 17.6. The van der Waals surface area contributed by atoms with Crippen LogP contribution in [-0.4, -0.2) is 35.6 Å². The number of benzene rings is 2. The summed E-state index contributed by atoms with van der Waals surface area (Å²) in [6.07, 6.45) is 0.520. The van der Waals surface area contributed by atoms with Crippen molar-refractivity contribution in [2.24, 2.45) is 0 Å². The van der Waals surface area contributed by atoms with Gasteiger partial charge in [-0.05, 0) is 42.8 Å². The molecule has 0 spiro atoms. The van der Waals surface area contributed by atoms with Crippen LogP contribution in [0.5, 0.6) is 0 Å². The number of hydrogen-bond acceptors (Lipinski definition) is 6. The Bertz CT molecular complexity index is 991. The lowest BCUT2D eigenvalue weighted by molar-refractivity contribution is 0.593. The van der Waals surface area contributed by atoms with E-state index in [1.54, 1.807) is 18.2 Å². The maximum absolute atomic E-state index is 13.1. The summed E-state index contributed by atoms with van der Waals surface area (Å²) in [4.78, 5) is 2.46. The summed E-state index contributed by atoms with van der Waals surface area (Å²) in [6.45, 7) is 2.38. The number of aromatic nitrogens is 4. The molecule has 0 saturated heterocycles. The molecule has 1 aromatic heterocycles. The lowest BCUT2D eigenvalue weighted by Crippen LogP contribution is -2.28. The van der Waals surface area contributed by atoms with E-state index in [2.05, 4.69) is 20.6 Å². The summed E-state index contributed by atoms with van der Waals surface area (Å²) in [5.41, 5.74) is 2.12. The van der Waals surface area contributed by atoms with Crippen molar-refractivity contribution < 1.29 is 8.42 Å². The van der Waals surface area contributed by atoms with Gasteiger partial charge in [-0.3, -0.25) is 0 Å². The van der Waals surface area contributed by atoms with Gasteiger partial charge in [-0.1, -0.05) is 22.9 Å². The minimum atomic E-state index is -3.63. The minimum absolute atomic E-state index is 0.214. The number of nitrogens with zero attached hydrogens (tertiary/aromatic N) is 4. The van der Waals surface area contributed by atoms with Gasteiger partial charge in [0.2, 0.25) is 9.84 Å². The molecular weight excluding hydrogens is 362 g/mol. The molecule has 0 atom stereocenters. The fourth-order valence-corrected chi connectivity index (χ4v) is 4.98. The molecule has 1 aliphatic heterocycles. The molecule has 0 bridgehead atoms. The number of rotatable bonds is 3. The van der Waals surface area contributed by atoms with E-state index in [1.165, 1.54) is 6.07 Å². The number of fused-ring (bicyclic) bond motifs is 2. The number of halogens is 1. The van der Waals surface area contributed by atoms with E-state index in [1.807, 2.05) is 24.0 Å². The number of hydrogen-bond donors (Lipinski definition) is 1. The SMILES string of the molecule is Cc1ccc2c(c1)S(=O)(=O)c1cc(Cl)ccc1N2CCc1nn[nH]n1. The second-order valence-corrected chi connectivity index (χ2v) is 8.14. The average molecular weight is 376 g/mol. The first-order chi connectivity index (χ1) is 12.0. The summed E-state index contributed by atoms with van der Waals surface area (Å²) in [5.74, 6) is 0.567. The molecule has 0 fully saturated rings. The molecule has 0 amide bonds. The van der Waals surface area contributed by atoms with Crippen molar-refractivity contribution in [2.75, 3.05) is 11.4 Å². The third-order valence-corrected chi connectivity index (χ3v) is 6.19. The van der Waals surface area contributed by atoms with Gasteiger partial charge >= 0.3 is 0 Å². The largest absolute Gasteiger partial charge is 0.339 e. The molecular formula is C16H14ClN5O2S. The van der Waals surface area contributed by atoms with Crippen LogP contribution in [0.25, 0.3) is 0 Å². The Hall–Kier alpha value is -2.45. The van der Waals surface area contributed by atoms with Crippen LogP contribution >= 0.6 is 11.6 Å². The summed E-state index contributed by atoms with van der Waals surface area (Å²) in [7, 11) is -3.63. The van der Waals surface area contributed by atoms with E-state index in [4.69, 9.17) is 11.6 Å². The molecule has 9 heteroatoms. The molecule has 2 aromatic carbocycles. The monoisotopic (exact) mass is 375 g/mol. The van der Waals surface area contributed by atoms with Crippen molar-refractivity contribution in [1.29, 1.82) is 0 Å². The molecule has 7 nitrogen and oxygen atoms in total. The van der Waals surface area contributed by atoms with Gasteiger partial charge in [-0.2, -0.15) is 5.21 Å². The van der Waals surface area contributed by atoms with Crippen molar-refractivity contribution in [3.63, 3.8) is 0 Å². The second-order valence-electron chi connectivity index (χ2n) is 5.82. The number of H-pyrrole nitrogens is 1. The number of anilines is 2. The third-order valence-electron chi connectivity index (χ3n) is 4.15. The van der Waals surface area contributed by atoms with Crippen LogP contribution in [0.4, 0.5) is 11.4 Å². The van der Waals surface area contributed by atoms with Crippen LogP contribution in [0.2, 0.25) is 5.02 Å². The Labute approximate surface area is 149 Å². The van der Waals surface area contributed by atoms with Crippen LogP contribution in [-0.2, 0) is 16.3 Å². The van der Waals surface area contributed by atoms with E-state index in [9.17, 15) is 8.42 Å². The highest BCUT2D eigenvalue weighted by molar-refractivity contribution is 7.92. The number of aromatic amines is 1. The van der Waals surface area contributed by atoms with Crippen LogP contribution in [0.3, 0.4) is 0 Å². The van der Waals surface area contributed by atoms with Crippen molar-refractivity contribution in [3.05, 3.63) is 52.8 Å². The molecule has 0 radical (unpaired) electrons. The minimum Gasteiger partial charge on any atom is -0.339 e. The smallest absolute Gasteiger partial charge is 0.210 e. The molecule has 25 heavy (non-hydrogen) atoms. The van der Waals surface area contributed by atoms with E-state index in [0.29, 0.717) is 35.2 Å². The first kappa shape index (κ1) is 16.0. The zero-order valence-corrected chi connectivity index (χ0v) is 14.8. The van der Waals surface area contributed by atoms with Crippen molar-refractivity contribution in [2.45, 2.75) is 23.1 Å². The van der Waals surface area contributed by atoms with Crippen LogP contribution in [0.15, 0.2) is 46.2 Å². The average Bonchev–Trinajstić information content (AvgIpc) is 3.09. The van der Waals surface area contributed by atoms with Gasteiger partial charge < -0.3 is 4.90 Å². The van der Waals surface area contributed by atoms with E-state index in [0.717, 1.165) is 5.56 Å². The summed E-state index contributed by atoms with van der Waals surface area (Å²) in [5, 5.41) is 14.3. The molecule has 3 aromatic rings. The third kappa shape index (κ3) is 2.67. The molecule has 0 unspecified atom stereocenters. The Morgan fingerprint density at radius 1 is 1.12 bits per heavy atom. The zero-order valence-electron chi connectivity index (χ0n) is 13.3. The molecule has 0 aliphatic carbocycles. The van der Waals surface area contributed by atoms with Crippen LogP contribution < -0.4 is 4.90 Å². The predicted molar refractivity (Wildman–Crippen MR) is 93.0 cm³/mol. The van der Waals surface area contributed by atoms with Gasteiger partial charge in [-0.25, -0.2) is 8.42 Å². The highest BCUT2D eigenvalue weighted by atomic mass is 35.5. The standard InChI is InChI=1S/C16H14ClN5O2S/c1-10-2-4-12-14(8-10)25(23,24)15-9-11(17)3-5-13(15)22(12)7-6-16-18-20-21-19-16/h2-5,8-9H,6-7H2,1H3,(H,18,19,20,21). The summed E-state index contributed by atoms with van der Waals surface area (Å²) >= 11 is 6.05. The predicted octanol–water partition coefficient (Wildman–Crippen LogP) is 2.69. The topological polar surface area (TPSA) is 91.8 Å². The van der Waals surface area contributed by atoms with Gasteiger partial charge in [0.25, 0.3) is 0 Å². The molecule has 128 valence electrons. The fourth-order valence-electron chi connectivity index (χ4n) is 2.98. The lowest BCUT2D eigenvalue weighted by Gasteiger charge is -2.33. The second kappa shape index (κ2) is 5.82. The van der Waals surface area contributed by atoms with Crippen LogP contribution in [0, 0.1) is 6.92 Å². The Balaban J connectivity index is 1.87. The number of tetrazole rings is 1. The molecule has 4 rings (SSSR count). The normalized spacial score (nSPS) is 14.9. The van der Waals surface area contributed by atoms with Gasteiger partial charge in [0.15, 0.2) is 5.82 Å². The van der Waals surface area contributed by atoms with E-state index >= 15 is 0 Å². The van der Waals surface area contributed by atoms with Gasteiger partial charge in [0, 0.05) is 18.0 Å². The maximum atomic E-state index is 13.1. The molecule has 1 aliphatic rings. The van der Waals surface area contributed by atoms with Gasteiger partial charge in [0.05, 0.1) is 21.2 Å². The first-order valence-corrected chi connectivity index (χ1v) is 9.48. The summed E-state index contributed by atoms with van der Waals surface area (Å²) in [6, 6.07) is 10.3. The Kier molecular flexibility index (Phi) is 3.73.